The summed E-state index contributed by atoms with van der Waals surface area (Å²) in [6.45, 7) is -1.46. The minimum atomic E-state index is -4.26. The number of carbonyl (C=O) groups is 1. The number of halogens is 5. The van der Waals surface area contributed by atoms with E-state index in [0.29, 0.717) is 0 Å². The molecule has 118 valence electrons. The van der Waals surface area contributed by atoms with Crippen LogP contribution >= 0.6 is 0 Å². The van der Waals surface area contributed by atoms with Gasteiger partial charge in [0, 0.05) is 12.5 Å². The summed E-state index contributed by atoms with van der Waals surface area (Å²) in [6, 6.07) is 0. The van der Waals surface area contributed by atoms with E-state index >= 15 is 0 Å². The summed E-state index contributed by atoms with van der Waals surface area (Å²) in [5, 5.41) is 8.76. The van der Waals surface area contributed by atoms with Crippen molar-refractivity contribution in [2.45, 2.75) is 38.3 Å². The van der Waals surface area contributed by atoms with Gasteiger partial charge in [-0.05, 0) is 25.7 Å². The van der Waals surface area contributed by atoms with Crippen LogP contribution in [0.5, 0.6) is 0 Å². The van der Waals surface area contributed by atoms with Crippen molar-refractivity contribution >= 4 is 5.91 Å². The fourth-order valence-corrected chi connectivity index (χ4v) is 2.50. The highest BCUT2D eigenvalue weighted by molar-refractivity contribution is 5.79. The largest absolute Gasteiger partial charge is 0.395 e. The number of nitrogens with zero attached hydrogens (tertiary/aromatic N) is 1. The second-order valence-electron chi connectivity index (χ2n) is 4.99. The van der Waals surface area contributed by atoms with Gasteiger partial charge in [-0.1, -0.05) is 0 Å². The molecule has 0 bridgehead atoms. The normalized spacial score (nSPS) is 23.9. The van der Waals surface area contributed by atoms with Gasteiger partial charge in [0.1, 0.15) is 0 Å². The number of carbonyl (C=O) groups excluding carboxylic acids is 1. The van der Waals surface area contributed by atoms with Crippen molar-refractivity contribution in [3.63, 3.8) is 0 Å². The lowest BCUT2D eigenvalue weighted by Gasteiger charge is -2.32. The zero-order valence-corrected chi connectivity index (χ0v) is 10.9. The third kappa shape index (κ3) is 4.88. The van der Waals surface area contributed by atoms with E-state index < -0.39 is 43.5 Å². The molecule has 1 rings (SSSR count). The Hall–Kier alpha value is -0.920. The van der Waals surface area contributed by atoms with Crippen molar-refractivity contribution in [2.24, 2.45) is 11.8 Å². The molecule has 0 aliphatic heterocycles. The van der Waals surface area contributed by atoms with Crippen LogP contribution in [0.3, 0.4) is 0 Å². The fourth-order valence-electron chi connectivity index (χ4n) is 2.50. The van der Waals surface area contributed by atoms with Gasteiger partial charge in [-0.25, -0.2) is 8.78 Å². The number of hydrogen-bond donors (Lipinski definition) is 1. The van der Waals surface area contributed by atoms with Crippen molar-refractivity contribution in [1.29, 1.82) is 0 Å². The predicted octanol–water partition coefficient (Wildman–Crippen LogP) is 2.44. The highest BCUT2D eigenvalue weighted by Crippen LogP contribution is 2.39. The van der Waals surface area contributed by atoms with E-state index in [4.69, 9.17) is 5.11 Å². The summed E-state index contributed by atoms with van der Waals surface area (Å²) in [5.41, 5.74) is 0. The molecule has 0 aromatic heterocycles. The Morgan fingerprint density at radius 3 is 2.15 bits per heavy atom. The molecular weight excluding hydrogens is 285 g/mol. The summed E-state index contributed by atoms with van der Waals surface area (Å²) in [7, 11) is 0. The zero-order chi connectivity index (χ0) is 15.3. The molecule has 0 spiro atoms. The molecule has 0 unspecified atom stereocenters. The number of alkyl halides is 5. The van der Waals surface area contributed by atoms with Crippen molar-refractivity contribution in [3.8, 4) is 0 Å². The first kappa shape index (κ1) is 17.1. The summed E-state index contributed by atoms with van der Waals surface area (Å²) in [5.74, 6) is -2.65. The SMILES string of the molecule is O=C(C1CCC(C(F)(F)F)CC1)N(CCO)CC(F)F. The van der Waals surface area contributed by atoms with Crippen LogP contribution in [0.1, 0.15) is 25.7 Å². The lowest BCUT2D eigenvalue weighted by Crippen LogP contribution is -2.42. The third-order valence-electron chi connectivity index (χ3n) is 3.58. The Balaban J connectivity index is 2.55. The van der Waals surface area contributed by atoms with Gasteiger partial charge in [-0.15, -0.1) is 0 Å². The molecular formula is C12H18F5NO2. The molecule has 1 N–H and O–H groups in total. The maximum absolute atomic E-state index is 12.5. The molecule has 0 aromatic carbocycles. The Bertz CT molecular complexity index is 313. The Morgan fingerprint density at radius 2 is 1.75 bits per heavy atom. The first-order chi connectivity index (χ1) is 9.25. The Labute approximate surface area is 113 Å². The quantitative estimate of drug-likeness (QED) is 0.793. The van der Waals surface area contributed by atoms with Gasteiger partial charge >= 0.3 is 6.18 Å². The van der Waals surface area contributed by atoms with E-state index in [1.165, 1.54) is 0 Å². The monoisotopic (exact) mass is 303 g/mol. The molecule has 0 heterocycles. The average molecular weight is 303 g/mol. The minimum Gasteiger partial charge on any atom is -0.395 e. The molecule has 3 nitrogen and oxygen atoms in total. The predicted molar refractivity (Wildman–Crippen MR) is 61.2 cm³/mol. The van der Waals surface area contributed by atoms with Gasteiger partial charge in [-0.3, -0.25) is 4.79 Å². The van der Waals surface area contributed by atoms with E-state index in [1.54, 1.807) is 0 Å². The standard InChI is InChI=1S/C12H18F5NO2/c13-10(14)7-18(5-6-19)11(20)8-1-3-9(4-2-8)12(15,16)17/h8-10,19H,1-7H2. The van der Waals surface area contributed by atoms with Gasteiger partial charge < -0.3 is 10.0 Å². The first-order valence-corrected chi connectivity index (χ1v) is 6.50. The highest BCUT2D eigenvalue weighted by atomic mass is 19.4. The molecule has 1 amide bonds. The maximum Gasteiger partial charge on any atom is 0.391 e. The van der Waals surface area contributed by atoms with Crippen LogP contribution in [-0.4, -0.2) is 48.2 Å². The zero-order valence-electron chi connectivity index (χ0n) is 10.9. The van der Waals surface area contributed by atoms with Gasteiger partial charge in [0.25, 0.3) is 6.43 Å². The minimum absolute atomic E-state index is 0.0498. The molecule has 1 aliphatic carbocycles. The molecule has 0 atom stereocenters. The maximum atomic E-state index is 12.5. The van der Waals surface area contributed by atoms with E-state index in [0.717, 1.165) is 4.90 Å². The van der Waals surface area contributed by atoms with Gasteiger partial charge in [0.15, 0.2) is 0 Å². The number of rotatable bonds is 5. The lowest BCUT2D eigenvalue weighted by atomic mass is 9.81. The van der Waals surface area contributed by atoms with Gasteiger partial charge in [0.05, 0.1) is 19.1 Å². The number of aliphatic hydroxyl groups is 1. The molecule has 1 saturated carbocycles. The highest BCUT2D eigenvalue weighted by Gasteiger charge is 2.43. The summed E-state index contributed by atoms with van der Waals surface area (Å²) in [4.78, 5) is 12.8. The third-order valence-corrected chi connectivity index (χ3v) is 3.58. The van der Waals surface area contributed by atoms with Gasteiger partial charge in [0.2, 0.25) is 5.91 Å². The Morgan fingerprint density at radius 1 is 1.20 bits per heavy atom. The lowest BCUT2D eigenvalue weighted by molar-refractivity contribution is -0.185. The van der Waals surface area contributed by atoms with Crippen LogP contribution in [0.25, 0.3) is 0 Å². The number of aliphatic hydroxyl groups excluding tert-OH is 1. The Kier molecular flexibility index (Phi) is 6.16. The van der Waals surface area contributed by atoms with Crippen molar-refractivity contribution < 1.29 is 31.9 Å². The van der Waals surface area contributed by atoms with Crippen molar-refractivity contribution in [3.05, 3.63) is 0 Å². The topological polar surface area (TPSA) is 40.5 Å². The van der Waals surface area contributed by atoms with Gasteiger partial charge in [-0.2, -0.15) is 13.2 Å². The van der Waals surface area contributed by atoms with E-state index in [9.17, 15) is 26.7 Å². The first-order valence-electron chi connectivity index (χ1n) is 6.50. The van der Waals surface area contributed by atoms with E-state index in [-0.39, 0.29) is 32.2 Å². The number of hydrogen-bond acceptors (Lipinski definition) is 2. The molecule has 1 aliphatic rings. The van der Waals surface area contributed by atoms with Crippen LogP contribution in [0.2, 0.25) is 0 Å². The summed E-state index contributed by atoms with van der Waals surface area (Å²) in [6.07, 6.45) is -7.19. The molecule has 0 radical (unpaired) electrons. The van der Waals surface area contributed by atoms with Crippen LogP contribution in [-0.2, 0) is 4.79 Å². The van der Waals surface area contributed by atoms with Crippen molar-refractivity contribution in [1.82, 2.24) is 4.90 Å². The molecule has 0 saturated heterocycles. The number of amides is 1. The molecule has 8 heteroatoms. The molecule has 0 aromatic rings. The molecule has 20 heavy (non-hydrogen) atoms. The average Bonchev–Trinajstić information content (AvgIpc) is 2.36. The smallest absolute Gasteiger partial charge is 0.391 e. The summed E-state index contributed by atoms with van der Waals surface area (Å²) >= 11 is 0. The fraction of sp³-hybridized carbons (Fsp3) is 0.917. The van der Waals surface area contributed by atoms with Crippen LogP contribution in [0.4, 0.5) is 22.0 Å². The van der Waals surface area contributed by atoms with E-state index in [1.807, 2.05) is 0 Å². The van der Waals surface area contributed by atoms with Crippen LogP contribution in [0, 0.1) is 11.8 Å². The summed E-state index contributed by atoms with van der Waals surface area (Å²) < 4.78 is 62.1. The van der Waals surface area contributed by atoms with E-state index in [2.05, 4.69) is 0 Å². The van der Waals surface area contributed by atoms with Crippen LogP contribution in [0.15, 0.2) is 0 Å². The second-order valence-corrected chi connectivity index (χ2v) is 4.99. The van der Waals surface area contributed by atoms with Crippen LogP contribution < -0.4 is 0 Å². The van der Waals surface area contributed by atoms with Crippen molar-refractivity contribution in [2.75, 3.05) is 19.7 Å². The second kappa shape index (κ2) is 7.19. The molecule has 1 fully saturated rings.